The normalized spacial score (nSPS) is 20.7. The average molecular weight is 378 g/mol. The zero-order valence-electron chi connectivity index (χ0n) is 14.7. The van der Waals surface area contributed by atoms with Gasteiger partial charge in [0.15, 0.2) is 0 Å². The molecular formula is C18H23N3O2S2. The Morgan fingerprint density at radius 3 is 2.96 bits per heavy atom. The third-order valence-electron chi connectivity index (χ3n) is 4.93. The number of carbonyl (C=O) groups excluding carboxylic acids is 1. The van der Waals surface area contributed by atoms with Crippen LogP contribution in [0.5, 0.6) is 0 Å². The number of aromatic nitrogens is 2. The van der Waals surface area contributed by atoms with E-state index in [4.69, 9.17) is 4.74 Å². The van der Waals surface area contributed by atoms with Crippen molar-refractivity contribution in [1.29, 1.82) is 0 Å². The molecule has 1 fully saturated rings. The fourth-order valence-electron chi connectivity index (χ4n) is 3.55. The zero-order valence-corrected chi connectivity index (χ0v) is 16.3. The maximum absolute atomic E-state index is 12.5. The van der Waals surface area contributed by atoms with Gasteiger partial charge in [0.2, 0.25) is 5.91 Å². The Hall–Kier alpha value is -1.18. The van der Waals surface area contributed by atoms with Crippen molar-refractivity contribution in [3.05, 3.63) is 16.3 Å². The van der Waals surface area contributed by atoms with Crippen LogP contribution >= 0.6 is 23.1 Å². The van der Waals surface area contributed by atoms with Crippen molar-refractivity contribution in [2.75, 3.05) is 32.1 Å². The van der Waals surface area contributed by atoms with Crippen LogP contribution in [0.3, 0.4) is 0 Å². The summed E-state index contributed by atoms with van der Waals surface area (Å²) in [6.07, 6.45) is 3.48. The molecule has 1 saturated heterocycles. The van der Waals surface area contributed by atoms with Crippen molar-refractivity contribution < 1.29 is 9.53 Å². The number of aryl methyl sites for hydroxylation is 2. The summed E-state index contributed by atoms with van der Waals surface area (Å²) in [5.41, 5.74) is 1.43. The molecule has 7 heteroatoms. The molecule has 0 saturated carbocycles. The number of carbonyl (C=O) groups is 1. The summed E-state index contributed by atoms with van der Waals surface area (Å²) in [4.78, 5) is 26.3. The summed E-state index contributed by atoms with van der Waals surface area (Å²) < 4.78 is 5.33. The van der Waals surface area contributed by atoms with Crippen molar-refractivity contribution >= 4 is 39.2 Å². The van der Waals surface area contributed by atoms with Gasteiger partial charge in [-0.15, -0.1) is 11.3 Å². The van der Waals surface area contributed by atoms with E-state index < -0.39 is 0 Å². The average Bonchev–Trinajstić information content (AvgIpc) is 2.97. The van der Waals surface area contributed by atoms with E-state index in [-0.39, 0.29) is 5.91 Å². The molecule has 134 valence electrons. The molecule has 2 aromatic heterocycles. The molecule has 1 aliphatic heterocycles. The van der Waals surface area contributed by atoms with Gasteiger partial charge in [-0.25, -0.2) is 9.97 Å². The molecule has 0 bridgehead atoms. The van der Waals surface area contributed by atoms with Gasteiger partial charge in [0, 0.05) is 23.4 Å². The van der Waals surface area contributed by atoms with Crippen LogP contribution in [0, 0.1) is 12.8 Å². The van der Waals surface area contributed by atoms with E-state index in [1.807, 2.05) is 23.2 Å². The highest BCUT2D eigenvalue weighted by Gasteiger charge is 2.24. The van der Waals surface area contributed by atoms with Gasteiger partial charge in [0.25, 0.3) is 0 Å². The van der Waals surface area contributed by atoms with E-state index in [2.05, 4.69) is 16.9 Å². The lowest BCUT2D eigenvalue weighted by molar-refractivity contribution is -0.132. The van der Waals surface area contributed by atoms with Crippen LogP contribution in [0.1, 0.15) is 29.6 Å². The second-order valence-electron chi connectivity index (χ2n) is 6.89. The molecule has 2 aliphatic rings. The molecule has 5 nitrogen and oxygen atoms in total. The van der Waals surface area contributed by atoms with Crippen molar-refractivity contribution in [1.82, 2.24) is 14.9 Å². The maximum Gasteiger partial charge on any atom is 0.233 e. The van der Waals surface area contributed by atoms with Gasteiger partial charge in [0.05, 0.1) is 19.0 Å². The number of nitrogens with zero attached hydrogens (tertiary/aromatic N) is 3. The monoisotopic (exact) mass is 377 g/mol. The Morgan fingerprint density at radius 2 is 2.16 bits per heavy atom. The molecular weight excluding hydrogens is 354 g/mol. The minimum absolute atomic E-state index is 0.176. The quantitative estimate of drug-likeness (QED) is 0.608. The largest absolute Gasteiger partial charge is 0.378 e. The van der Waals surface area contributed by atoms with Crippen molar-refractivity contribution in [2.24, 2.45) is 5.92 Å². The number of thiophene rings is 1. The Balaban J connectivity index is 1.59. The number of hydrogen-bond acceptors (Lipinski definition) is 6. The van der Waals surface area contributed by atoms with E-state index in [1.54, 1.807) is 11.8 Å². The summed E-state index contributed by atoms with van der Waals surface area (Å²) in [6.45, 7) is 6.94. The van der Waals surface area contributed by atoms with Crippen LogP contribution in [0.4, 0.5) is 0 Å². The number of rotatable bonds is 3. The first-order valence-electron chi connectivity index (χ1n) is 8.89. The Morgan fingerprint density at radius 1 is 1.36 bits per heavy atom. The number of hydrogen-bond donors (Lipinski definition) is 0. The van der Waals surface area contributed by atoms with E-state index in [0.717, 1.165) is 34.4 Å². The van der Waals surface area contributed by atoms with Gasteiger partial charge in [-0.05, 0) is 37.7 Å². The molecule has 3 heterocycles. The standard InChI is InChI=1S/C18H23N3O2S2/c1-11-3-4-13-14(9-11)25-18-16(13)17(19-12(2)20-18)24-10-15(22)21-5-7-23-8-6-21/h11H,3-10H2,1-2H3/t11-/m1/s1. The molecule has 2 aromatic rings. The van der Waals surface area contributed by atoms with Crippen molar-refractivity contribution in [3.63, 3.8) is 0 Å². The molecule has 0 aromatic carbocycles. The lowest BCUT2D eigenvalue weighted by atomic mass is 9.89. The van der Waals surface area contributed by atoms with Crippen molar-refractivity contribution in [2.45, 2.75) is 38.1 Å². The third-order valence-corrected chi connectivity index (χ3v) is 7.04. The smallest absolute Gasteiger partial charge is 0.233 e. The summed E-state index contributed by atoms with van der Waals surface area (Å²) in [7, 11) is 0. The number of morpholine rings is 1. The summed E-state index contributed by atoms with van der Waals surface area (Å²) in [5.74, 6) is 2.15. The van der Waals surface area contributed by atoms with Gasteiger partial charge < -0.3 is 9.64 Å². The highest BCUT2D eigenvalue weighted by Crippen LogP contribution is 2.40. The van der Waals surface area contributed by atoms with Crippen LogP contribution in [-0.2, 0) is 22.4 Å². The topological polar surface area (TPSA) is 55.3 Å². The van der Waals surface area contributed by atoms with E-state index in [0.29, 0.717) is 32.1 Å². The number of ether oxygens (including phenoxy) is 1. The molecule has 0 spiro atoms. The molecule has 0 N–H and O–H groups in total. The first-order valence-corrected chi connectivity index (χ1v) is 10.7. The van der Waals surface area contributed by atoms with Gasteiger partial charge >= 0.3 is 0 Å². The highest BCUT2D eigenvalue weighted by molar-refractivity contribution is 8.00. The van der Waals surface area contributed by atoms with Crippen LogP contribution in [0.2, 0.25) is 0 Å². The van der Waals surface area contributed by atoms with Crippen molar-refractivity contribution in [3.8, 4) is 0 Å². The van der Waals surface area contributed by atoms with E-state index >= 15 is 0 Å². The van der Waals surface area contributed by atoms with Crippen LogP contribution in [0.25, 0.3) is 10.2 Å². The minimum atomic E-state index is 0.176. The first kappa shape index (κ1) is 17.2. The SMILES string of the molecule is Cc1nc(SCC(=O)N2CCOCC2)c2c3c(sc2n1)C[C@H](C)CC3. The highest BCUT2D eigenvalue weighted by atomic mass is 32.2. The van der Waals surface area contributed by atoms with E-state index in [9.17, 15) is 4.79 Å². The molecule has 1 aliphatic carbocycles. The first-order chi connectivity index (χ1) is 12.1. The zero-order chi connectivity index (χ0) is 17.4. The van der Waals surface area contributed by atoms with Gasteiger partial charge in [-0.1, -0.05) is 18.7 Å². The second kappa shape index (κ2) is 7.21. The Labute approximate surface area is 156 Å². The van der Waals surface area contributed by atoms with Gasteiger partial charge in [-0.3, -0.25) is 4.79 Å². The lowest BCUT2D eigenvalue weighted by Crippen LogP contribution is -2.41. The summed E-state index contributed by atoms with van der Waals surface area (Å²) >= 11 is 3.39. The van der Waals surface area contributed by atoms with Gasteiger partial charge in [-0.2, -0.15) is 0 Å². The van der Waals surface area contributed by atoms with Crippen LogP contribution < -0.4 is 0 Å². The Kier molecular flexibility index (Phi) is 4.97. The number of fused-ring (bicyclic) bond motifs is 3. The number of thioether (sulfide) groups is 1. The van der Waals surface area contributed by atoms with Crippen LogP contribution in [-0.4, -0.2) is 52.8 Å². The van der Waals surface area contributed by atoms with Gasteiger partial charge in [0.1, 0.15) is 15.7 Å². The number of amides is 1. The van der Waals surface area contributed by atoms with E-state index in [1.165, 1.54) is 22.2 Å². The lowest BCUT2D eigenvalue weighted by Gasteiger charge is -2.26. The predicted molar refractivity (Wildman–Crippen MR) is 101 cm³/mol. The minimum Gasteiger partial charge on any atom is -0.378 e. The Bertz CT molecular complexity index is 799. The third kappa shape index (κ3) is 3.55. The summed E-state index contributed by atoms with van der Waals surface area (Å²) in [5, 5.41) is 2.19. The molecule has 0 unspecified atom stereocenters. The maximum atomic E-state index is 12.5. The molecule has 0 radical (unpaired) electrons. The summed E-state index contributed by atoms with van der Waals surface area (Å²) in [6, 6.07) is 0. The predicted octanol–water partition coefficient (Wildman–Crippen LogP) is 3.08. The molecule has 4 rings (SSSR count). The fraction of sp³-hybridized carbons (Fsp3) is 0.611. The van der Waals surface area contributed by atoms with Crippen LogP contribution in [0.15, 0.2) is 5.03 Å². The molecule has 1 atom stereocenters. The molecule has 1 amide bonds. The molecule has 25 heavy (non-hydrogen) atoms. The second-order valence-corrected chi connectivity index (χ2v) is 8.94. The fourth-order valence-corrected chi connectivity index (χ4v) is 6.05.